The number of likely N-dealkylation sites (tertiary alicyclic amines) is 1. The Morgan fingerprint density at radius 3 is 2.07 bits per heavy atom. The third-order valence-corrected chi connectivity index (χ3v) is 10.2. The summed E-state index contributed by atoms with van der Waals surface area (Å²) in [7, 11) is 0. The molecule has 1 N–H and O–H groups in total. The second-order valence-corrected chi connectivity index (χ2v) is 12.5. The van der Waals surface area contributed by atoms with Gasteiger partial charge in [-0.2, -0.15) is 0 Å². The predicted molar refractivity (Wildman–Crippen MR) is 177 cm³/mol. The van der Waals surface area contributed by atoms with Crippen LogP contribution in [0.5, 0.6) is 0 Å². The number of hydrogen-bond donors (Lipinski definition) is 1. The van der Waals surface area contributed by atoms with E-state index in [4.69, 9.17) is 4.74 Å². The number of ether oxygens (including phenoxy) is 1. The molecule has 2 aromatic carbocycles. The maximum Gasteiger partial charge on any atom is 0.253 e. The van der Waals surface area contributed by atoms with E-state index in [0.717, 1.165) is 18.8 Å². The third-order valence-electron chi connectivity index (χ3n) is 10.2. The minimum atomic E-state index is -1.23. The van der Waals surface area contributed by atoms with E-state index >= 15 is 0 Å². The van der Waals surface area contributed by atoms with E-state index in [1.165, 1.54) is 4.90 Å². The van der Waals surface area contributed by atoms with Crippen molar-refractivity contribution in [1.29, 1.82) is 0 Å². The quantitative estimate of drug-likeness (QED) is 0.339. The molecular weight excluding hydrogens is 568 g/mol. The number of anilines is 3. The molecule has 9 nitrogen and oxygen atoms in total. The number of rotatable bonds is 13. The molecular formula is C36H46N4O5. The van der Waals surface area contributed by atoms with Crippen molar-refractivity contribution in [2.24, 2.45) is 17.8 Å². The number of aliphatic hydroxyl groups is 1. The maximum absolute atomic E-state index is 14.8. The number of amides is 3. The van der Waals surface area contributed by atoms with Crippen LogP contribution in [0.2, 0.25) is 0 Å². The van der Waals surface area contributed by atoms with Gasteiger partial charge >= 0.3 is 0 Å². The van der Waals surface area contributed by atoms with Crippen molar-refractivity contribution < 1.29 is 24.2 Å². The normalized spacial score (nSPS) is 28.1. The van der Waals surface area contributed by atoms with Crippen LogP contribution in [0.4, 0.5) is 17.1 Å². The molecule has 0 radical (unpaired) electrons. The Labute approximate surface area is 266 Å². The largest absolute Gasteiger partial charge is 0.395 e. The van der Waals surface area contributed by atoms with Gasteiger partial charge in [0.25, 0.3) is 5.91 Å². The molecule has 3 aliphatic rings. The van der Waals surface area contributed by atoms with Crippen molar-refractivity contribution in [2.75, 3.05) is 54.0 Å². The number of nitrogens with zero attached hydrogens (tertiary/aromatic N) is 4. The number of benzene rings is 2. The van der Waals surface area contributed by atoms with Gasteiger partial charge in [-0.3, -0.25) is 14.4 Å². The number of para-hydroxylation sites is 1. The lowest BCUT2D eigenvalue weighted by Crippen LogP contribution is -2.57. The Balaban J connectivity index is 1.57. The van der Waals surface area contributed by atoms with Crippen LogP contribution in [0.3, 0.4) is 0 Å². The van der Waals surface area contributed by atoms with Crippen LogP contribution in [0, 0.1) is 17.8 Å². The first-order valence-electron chi connectivity index (χ1n) is 16.0. The second kappa shape index (κ2) is 12.8. The highest BCUT2D eigenvalue weighted by Crippen LogP contribution is 2.65. The van der Waals surface area contributed by atoms with Crippen LogP contribution in [-0.2, 0) is 19.1 Å². The van der Waals surface area contributed by atoms with Crippen molar-refractivity contribution in [1.82, 2.24) is 4.90 Å². The minimum absolute atomic E-state index is 0.0409. The van der Waals surface area contributed by atoms with Gasteiger partial charge in [0.05, 0.1) is 24.0 Å². The molecule has 3 amide bonds. The molecule has 45 heavy (non-hydrogen) atoms. The molecule has 2 bridgehead atoms. The highest BCUT2D eigenvalue weighted by Gasteiger charge is 2.80. The highest BCUT2D eigenvalue weighted by atomic mass is 16.5. The summed E-state index contributed by atoms with van der Waals surface area (Å²) in [6, 6.07) is 16.1. The van der Waals surface area contributed by atoms with Crippen molar-refractivity contribution in [3.05, 3.63) is 79.9 Å². The van der Waals surface area contributed by atoms with Gasteiger partial charge in [-0.15, -0.1) is 13.2 Å². The molecule has 6 atom stereocenters. The van der Waals surface area contributed by atoms with E-state index in [-0.39, 0.29) is 49.9 Å². The van der Waals surface area contributed by atoms with Gasteiger partial charge < -0.3 is 29.4 Å². The summed E-state index contributed by atoms with van der Waals surface area (Å²) < 4.78 is 6.91. The molecule has 1 spiro atoms. The molecule has 9 heteroatoms. The van der Waals surface area contributed by atoms with Gasteiger partial charge in [0.15, 0.2) is 0 Å². The highest BCUT2D eigenvalue weighted by molar-refractivity contribution is 6.07. The van der Waals surface area contributed by atoms with Gasteiger partial charge in [0, 0.05) is 49.8 Å². The monoisotopic (exact) mass is 614 g/mol. The molecule has 0 aromatic heterocycles. The van der Waals surface area contributed by atoms with E-state index in [9.17, 15) is 19.5 Å². The van der Waals surface area contributed by atoms with Crippen molar-refractivity contribution >= 4 is 34.8 Å². The zero-order chi connectivity index (χ0) is 32.5. The molecule has 3 unspecified atom stereocenters. The Morgan fingerprint density at radius 2 is 1.51 bits per heavy atom. The molecule has 5 rings (SSSR count). The lowest BCUT2D eigenvalue weighted by Gasteiger charge is -2.39. The van der Waals surface area contributed by atoms with E-state index in [1.807, 2.05) is 68.4 Å². The molecule has 3 heterocycles. The van der Waals surface area contributed by atoms with E-state index in [0.29, 0.717) is 17.8 Å². The van der Waals surface area contributed by atoms with E-state index in [2.05, 4.69) is 31.9 Å². The summed E-state index contributed by atoms with van der Waals surface area (Å²) in [5.41, 5.74) is 0.229. The average Bonchev–Trinajstić information content (AvgIpc) is 3.56. The smallest absolute Gasteiger partial charge is 0.253 e. The summed E-state index contributed by atoms with van der Waals surface area (Å²) in [6.07, 6.45) is 3.77. The van der Waals surface area contributed by atoms with Crippen molar-refractivity contribution in [3.8, 4) is 0 Å². The summed E-state index contributed by atoms with van der Waals surface area (Å²) in [5, 5.41) is 10.1. The van der Waals surface area contributed by atoms with E-state index < -0.39 is 29.1 Å². The zero-order valence-corrected chi connectivity index (χ0v) is 26.9. The van der Waals surface area contributed by atoms with Crippen LogP contribution in [0.25, 0.3) is 0 Å². The molecule has 0 aliphatic carbocycles. The van der Waals surface area contributed by atoms with Gasteiger partial charge in [-0.05, 0) is 69.5 Å². The first-order chi connectivity index (χ1) is 21.6. The van der Waals surface area contributed by atoms with Gasteiger partial charge in [-0.25, -0.2) is 0 Å². The minimum Gasteiger partial charge on any atom is -0.395 e. The predicted octanol–water partition coefficient (Wildman–Crippen LogP) is 4.27. The fourth-order valence-electron chi connectivity index (χ4n) is 8.00. The maximum atomic E-state index is 14.8. The molecule has 3 saturated heterocycles. The summed E-state index contributed by atoms with van der Waals surface area (Å²) in [5.74, 6) is -2.69. The standard InChI is InChI=1S/C36H46N4O5/c1-7-20-38(27-14-12-11-13-15-27)32(42)29-30-33(43)40(22-23-41)31(36(30)24-25(5)35(29,6)45-36)34(44)39(21-8-2)28-18-16-26(17-19-28)37(9-3)10-4/h7-8,11-19,25,29-31,41H,1-2,9-10,20-24H2,3-6H3/t25?,29-,30+,31?,35+,36?/m1/s1. The number of β-amino-alcohol motifs (C(OH)–C–C–N with tert-alkyl or cyclic N) is 1. The number of fused-ring (bicyclic) bond motifs is 1. The number of carbonyl (C=O) groups is 3. The second-order valence-electron chi connectivity index (χ2n) is 12.5. The van der Waals surface area contributed by atoms with Crippen LogP contribution in [0.1, 0.15) is 34.1 Å². The Bertz CT molecular complexity index is 1430. The van der Waals surface area contributed by atoms with Crippen molar-refractivity contribution in [3.63, 3.8) is 0 Å². The first kappa shape index (κ1) is 32.4. The average molecular weight is 615 g/mol. The topological polar surface area (TPSA) is 93.6 Å². The van der Waals surface area contributed by atoms with Crippen LogP contribution < -0.4 is 14.7 Å². The lowest BCUT2D eigenvalue weighted by molar-refractivity contribution is -0.146. The van der Waals surface area contributed by atoms with Crippen molar-refractivity contribution in [2.45, 2.75) is 51.4 Å². The first-order valence-corrected chi connectivity index (χ1v) is 16.0. The zero-order valence-electron chi connectivity index (χ0n) is 26.9. The molecule has 240 valence electrons. The molecule has 3 fully saturated rings. The van der Waals surface area contributed by atoms with Crippen LogP contribution >= 0.6 is 0 Å². The summed E-state index contributed by atoms with van der Waals surface area (Å²) in [4.78, 5) is 50.7. The van der Waals surface area contributed by atoms with Crippen LogP contribution in [-0.4, -0.2) is 84.3 Å². The number of carbonyl (C=O) groups excluding carboxylic acids is 3. The van der Waals surface area contributed by atoms with Gasteiger partial charge in [-0.1, -0.05) is 37.3 Å². The number of hydrogen-bond acceptors (Lipinski definition) is 6. The fraction of sp³-hybridized carbons (Fsp3) is 0.472. The number of aliphatic hydroxyl groups excluding tert-OH is 1. The fourth-order valence-corrected chi connectivity index (χ4v) is 8.00. The molecule has 3 aliphatic heterocycles. The lowest BCUT2D eigenvalue weighted by atomic mass is 9.62. The summed E-state index contributed by atoms with van der Waals surface area (Å²) in [6.45, 7) is 17.7. The van der Waals surface area contributed by atoms with E-state index in [1.54, 1.807) is 22.0 Å². The van der Waals surface area contributed by atoms with Crippen LogP contribution in [0.15, 0.2) is 79.9 Å². The van der Waals surface area contributed by atoms with Gasteiger partial charge in [0.2, 0.25) is 11.8 Å². The Morgan fingerprint density at radius 1 is 0.956 bits per heavy atom. The molecule has 2 aromatic rings. The summed E-state index contributed by atoms with van der Waals surface area (Å²) >= 11 is 0. The third kappa shape index (κ3) is 5.16. The molecule has 0 saturated carbocycles. The Hall–Kier alpha value is -3.95. The SMILES string of the molecule is C=CCN(C(=O)C1N(CCO)C(=O)[C@@H]2[C@H](C(=O)N(CC=C)c3ccccc3)[C@@]3(C)OC12CC3C)c1ccc(N(CC)CC)cc1. The Kier molecular flexibility index (Phi) is 9.23. The van der Waals surface area contributed by atoms with Gasteiger partial charge in [0.1, 0.15) is 11.6 Å².